The molecule has 2 nitrogen and oxygen atoms in total. The number of ether oxygens (including phenoxy) is 1. The summed E-state index contributed by atoms with van der Waals surface area (Å²) in [5, 5.41) is 1.37. The van der Waals surface area contributed by atoms with E-state index in [1.165, 1.54) is 0 Å². The highest BCUT2D eigenvalue weighted by atomic mass is 35.5. The Morgan fingerprint density at radius 1 is 1.47 bits per heavy atom. The van der Waals surface area contributed by atoms with Crippen molar-refractivity contribution in [3.8, 4) is 5.75 Å². The third kappa shape index (κ3) is 2.60. The number of halogens is 1. The largest absolute Gasteiger partial charge is 0.496 e. The van der Waals surface area contributed by atoms with Crippen LogP contribution in [0.25, 0.3) is 0 Å². The first-order chi connectivity index (χ1) is 7.19. The first-order valence-electron chi connectivity index (χ1n) is 4.95. The number of rotatable bonds is 3. The molecule has 0 bridgehead atoms. The predicted molar refractivity (Wildman–Crippen MR) is 64.9 cm³/mol. The fourth-order valence-corrected chi connectivity index (χ4v) is 3.37. The van der Waals surface area contributed by atoms with Gasteiger partial charge in [0.2, 0.25) is 0 Å². The van der Waals surface area contributed by atoms with Crippen LogP contribution in [0.4, 0.5) is 0 Å². The van der Waals surface area contributed by atoms with Crippen molar-refractivity contribution < 1.29 is 4.74 Å². The van der Waals surface area contributed by atoms with Gasteiger partial charge in [-0.05, 0) is 31.0 Å². The van der Waals surface area contributed by atoms with Crippen LogP contribution in [0.5, 0.6) is 5.75 Å². The summed E-state index contributed by atoms with van der Waals surface area (Å²) in [6.07, 6.45) is 2.17. The molecule has 2 rings (SSSR count). The minimum absolute atomic E-state index is 0.382. The maximum Gasteiger partial charge on any atom is 0.132 e. The molecule has 0 aliphatic heterocycles. The molecule has 1 saturated carbocycles. The first kappa shape index (κ1) is 11.1. The van der Waals surface area contributed by atoms with Crippen LogP contribution in [0, 0.1) is 0 Å². The van der Waals surface area contributed by atoms with Gasteiger partial charge in [0.1, 0.15) is 5.75 Å². The van der Waals surface area contributed by atoms with E-state index in [1.54, 1.807) is 7.11 Å². The van der Waals surface area contributed by atoms with Gasteiger partial charge in [0.05, 0.1) is 12.0 Å². The van der Waals surface area contributed by atoms with E-state index >= 15 is 0 Å². The van der Waals surface area contributed by atoms with E-state index in [4.69, 9.17) is 22.1 Å². The standard InChI is InChI=1S/C11H14ClNOS/c1-14-10-3-2-7(12)4-11(10)15-9-5-8(13)6-9/h2-4,8-9H,5-6,13H2,1H3. The Kier molecular flexibility index (Phi) is 3.44. The lowest BCUT2D eigenvalue weighted by Crippen LogP contribution is -2.38. The molecule has 0 heterocycles. The summed E-state index contributed by atoms with van der Waals surface area (Å²) < 4.78 is 5.29. The molecule has 1 aliphatic rings. The minimum atomic E-state index is 0.382. The van der Waals surface area contributed by atoms with Gasteiger partial charge in [-0.3, -0.25) is 0 Å². The third-order valence-corrected chi connectivity index (χ3v) is 4.08. The Bertz CT molecular complexity index is 352. The Morgan fingerprint density at radius 2 is 2.20 bits per heavy atom. The number of thioether (sulfide) groups is 1. The van der Waals surface area contributed by atoms with Crippen LogP contribution in [0.2, 0.25) is 5.02 Å². The lowest BCUT2D eigenvalue weighted by Gasteiger charge is -2.32. The average molecular weight is 244 g/mol. The van der Waals surface area contributed by atoms with Crippen molar-refractivity contribution >= 4 is 23.4 Å². The summed E-state index contributed by atoms with van der Waals surface area (Å²) in [5.41, 5.74) is 5.75. The fourth-order valence-electron chi connectivity index (χ4n) is 1.62. The molecule has 0 aromatic heterocycles. The summed E-state index contributed by atoms with van der Waals surface area (Å²) in [6.45, 7) is 0. The van der Waals surface area contributed by atoms with E-state index in [0.29, 0.717) is 11.3 Å². The fraction of sp³-hybridized carbons (Fsp3) is 0.455. The Morgan fingerprint density at radius 3 is 2.80 bits per heavy atom. The molecule has 2 N–H and O–H groups in total. The summed E-state index contributed by atoms with van der Waals surface area (Å²) in [5.74, 6) is 0.893. The lowest BCUT2D eigenvalue weighted by molar-refractivity contribution is 0.403. The lowest BCUT2D eigenvalue weighted by atomic mass is 9.94. The van der Waals surface area contributed by atoms with Crippen LogP contribution >= 0.6 is 23.4 Å². The third-order valence-electron chi connectivity index (χ3n) is 2.55. The summed E-state index contributed by atoms with van der Waals surface area (Å²) in [6, 6.07) is 6.09. The van der Waals surface area contributed by atoms with E-state index in [9.17, 15) is 0 Å². The zero-order valence-electron chi connectivity index (χ0n) is 8.57. The highest BCUT2D eigenvalue weighted by Crippen LogP contribution is 2.40. The van der Waals surface area contributed by atoms with Gasteiger partial charge < -0.3 is 10.5 Å². The van der Waals surface area contributed by atoms with Crippen LogP contribution in [0.3, 0.4) is 0 Å². The van der Waals surface area contributed by atoms with E-state index in [2.05, 4.69) is 0 Å². The molecule has 0 atom stereocenters. The summed E-state index contributed by atoms with van der Waals surface area (Å²) in [7, 11) is 1.68. The van der Waals surface area contributed by atoms with Crippen molar-refractivity contribution in [1.29, 1.82) is 0 Å². The van der Waals surface area contributed by atoms with Crippen LogP contribution in [-0.4, -0.2) is 18.4 Å². The zero-order chi connectivity index (χ0) is 10.8. The number of hydrogen-bond donors (Lipinski definition) is 1. The monoisotopic (exact) mass is 243 g/mol. The first-order valence-corrected chi connectivity index (χ1v) is 6.20. The van der Waals surface area contributed by atoms with Gasteiger partial charge in [-0.15, -0.1) is 11.8 Å². The van der Waals surface area contributed by atoms with Crippen molar-refractivity contribution in [3.63, 3.8) is 0 Å². The van der Waals surface area contributed by atoms with Gasteiger partial charge in [-0.25, -0.2) is 0 Å². The van der Waals surface area contributed by atoms with Crippen molar-refractivity contribution in [2.75, 3.05) is 7.11 Å². The molecule has 1 aromatic rings. The number of methoxy groups -OCH3 is 1. The molecule has 1 aromatic carbocycles. The quantitative estimate of drug-likeness (QED) is 0.887. The number of benzene rings is 1. The average Bonchev–Trinajstić information content (AvgIpc) is 2.16. The van der Waals surface area contributed by atoms with E-state index in [-0.39, 0.29) is 0 Å². The molecule has 15 heavy (non-hydrogen) atoms. The van der Waals surface area contributed by atoms with Gasteiger partial charge in [-0.2, -0.15) is 0 Å². The topological polar surface area (TPSA) is 35.2 Å². The SMILES string of the molecule is COc1ccc(Cl)cc1SC1CC(N)C1. The van der Waals surface area contributed by atoms with Gasteiger partial charge in [-0.1, -0.05) is 11.6 Å². The second-order valence-corrected chi connectivity index (χ2v) is 5.55. The maximum atomic E-state index is 5.95. The Labute approximate surface area is 99.1 Å². The van der Waals surface area contributed by atoms with Crippen LogP contribution in [0.1, 0.15) is 12.8 Å². The summed E-state index contributed by atoms with van der Waals surface area (Å²) in [4.78, 5) is 1.11. The predicted octanol–water partition coefficient (Wildman–Crippen LogP) is 2.93. The van der Waals surface area contributed by atoms with E-state index in [0.717, 1.165) is 28.5 Å². The van der Waals surface area contributed by atoms with Gasteiger partial charge in [0, 0.05) is 16.3 Å². The normalized spacial score (nSPS) is 24.7. The zero-order valence-corrected chi connectivity index (χ0v) is 10.1. The molecule has 0 amide bonds. The smallest absolute Gasteiger partial charge is 0.132 e. The van der Waals surface area contributed by atoms with E-state index in [1.807, 2.05) is 30.0 Å². The number of hydrogen-bond acceptors (Lipinski definition) is 3. The molecule has 1 fully saturated rings. The van der Waals surface area contributed by atoms with Crippen LogP contribution in [0.15, 0.2) is 23.1 Å². The molecule has 0 unspecified atom stereocenters. The summed E-state index contributed by atoms with van der Waals surface area (Å²) >= 11 is 7.76. The number of nitrogens with two attached hydrogens (primary N) is 1. The Balaban J connectivity index is 2.08. The van der Waals surface area contributed by atoms with Crippen LogP contribution in [-0.2, 0) is 0 Å². The van der Waals surface area contributed by atoms with Crippen LogP contribution < -0.4 is 10.5 Å². The molecule has 82 valence electrons. The molecular formula is C11H14ClNOS. The second-order valence-electron chi connectivity index (χ2n) is 3.77. The molecule has 0 saturated heterocycles. The second kappa shape index (κ2) is 4.64. The minimum Gasteiger partial charge on any atom is -0.496 e. The van der Waals surface area contributed by atoms with Crippen molar-refractivity contribution in [2.45, 2.75) is 29.0 Å². The van der Waals surface area contributed by atoms with Crippen molar-refractivity contribution in [1.82, 2.24) is 0 Å². The highest BCUT2D eigenvalue weighted by molar-refractivity contribution is 8.00. The van der Waals surface area contributed by atoms with Gasteiger partial charge in [0.25, 0.3) is 0 Å². The van der Waals surface area contributed by atoms with Crippen molar-refractivity contribution in [2.24, 2.45) is 5.73 Å². The molecule has 0 spiro atoms. The van der Waals surface area contributed by atoms with Gasteiger partial charge in [0.15, 0.2) is 0 Å². The van der Waals surface area contributed by atoms with Crippen molar-refractivity contribution in [3.05, 3.63) is 23.2 Å². The molecule has 0 radical (unpaired) electrons. The molecular weight excluding hydrogens is 230 g/mol. The Hall–Kier alpha value is -0.380. The maximum absolute atomic E-state index is 5.95. The molecule has 1 aliphatic carbocycles. The highest BCUT2D eigenvalue weighted by Gasteiger charge is 2.27. The van der Waals surface area contributed by atoms with Gasteiger partial charge >= 0.3 is 0 Å². The van der Waals surface area contributed by atoms with E-state index < -0.39 is 0 Å². The molecule has 4 heteroatoms.